The molecule has 1 aliphatic rings. The number of methoxy groups -OCH3 is 1. The molecular weight excluding hydrogens is 356 g/mol. The van der Waals surface area contributed by atoms with Crippen LogP contribution in [0.3, 0.4) is 0 Å². The molecule has 152 valence electrons. The summed E-state index contributed by atoms with van der Waals surface area (Å²) >= 11 is 0. The van der Waals surface area contributed by atoms with E-state index in [1.807, 2.05) is 6.92 Å². The first-order chi connectivity index (χ1) is 13.1. The Bertz CT molecular complexity index is 596. The largest absolute Gasteiger partial charge is 0.497 e. The number of aliphatic imine (C=N–C) groups is 1. The number of hydrogen-bond donors (Lipinski definition) is 2. The van der Waals surface area contributed by atoms with Crippen molar-refractivity contribution in [2.24, 2.45) is 10.9 Å². The molecule has 0 amide bonds. The highest BCUT2D eigenvalue weighted by molar-refractivity contribution is 5.79. The Hall–Kier alpha value is -2.09. The van der Waals surface area contributed by atoms with Gasteiger partial charge in [0.15, 0.2) is 5.96 Å². The van der Waals surface area contributed by atoms with Gasteiger partial charge in [-0.2, -0.15) is 8.78 Å². The number of ether oxygens (including phenoxy) is 3. The molecule has 1 aromatic rings. The fourth-order valence-electron chi connectivity index (χ4n) is 2.42. The SMILES string of the molecule is CCNC(=NCc1ccc(OC)cc1OC(F)F)NCCCOCC1CC1. The Morgan fingerprint density at radius 1 is 1.30 bits per heavy atom. The lowest BCUT2D eigenvalue weighted by Crippen LogP contribution is -2.38. The van der Waals surface area contributed by atoms with E-state index in [1.54, 1.807) is 12.1 Å². The molecule has 0 atom stereocenters. The summed E-state index contributed by atoms with van der Waals surface area (Å²) < 4.78 is 40.5. The zero-order valence-corrected chi connectivity index (χ0v) is 16.0. The summed E-state index contributed by atoms with van der Waals surface area (Å²) in [6.45, 7) is 2.27. The van der Waals surface area contributed by atoms with Crippen molar-refractivity contribution in [2.75, 3.05) is 33.4 Å². The maximum absolute atomic E-state index is 12.6. The number of rotatable bonds is 12. The van der Waals surface area contributed by atoms with Crippen LogP contribution in [0.15, 0.2) is 23.2 Å². The van der Waals surface area contributed by atoms with Crippen molar-refractivity contribution in [3.8, 4) is 11.5 Å². The van der Waals surface area contributed by atoms with Gasteiger partial charge in [0.2, 0.25) is 0 Å². The smallest absolute Gasteiger partial charge is 0.387 e. The Morgan fingerprint density at radius 2 is 2.11 bits per heavy atom. The van der Waals surface area contributed by atoms with E-state index in [1.165, 1.54) is 26.0 Å². The van der Waals surface area contributed by atoms with E-state index < -0.39 is 6.61 Å². The van der Waals surface area contributed by atoms with Crippen LogP contribution in [-0.2, 0) is 11.3 Å². The van der Waals surface area contributed by atoms with Crippen LogP contribution in [0.1, 0.15) is 31.7 Å². The monoisotopic (exact) mass is 385 g/mol. The molecule has 0 spiro atoms. The zero-order chi connectivity index (χ0) is 19.5. The van der Waals surface area contributed by atoms with E-state index in [4.69, 9.17) is 9.47 Å². The molecular formula is C19H29F2N3O3. The average molecular weight is 385 g/mol. The minimum Gasteiger partial charge on any atom is -0.497 e. The molecule has 27 heavy (non-hydrogen) atoms. The topological polar surface area (TPSA) is 64.1 Å². The minimum atomic E-state index is -2.90. The molecule has 0 aromatic heterocycles. The van der Waals surface area contributed by atoms with Gasteiger partial charge < -0.3 is 24.8 Å². The highest BCUT2D eigenvalue weighted by Gasteiger charge is 2.20. The third-order valence-corrected chi connectivity index (χ3v) is 4.05. The molecule has 1 saturated carbocycles. The Morgan fingerprint density at radius 3 is 2.78 bits per heavy atom. The zero-order valence-electron chi connectivity index (χ0n) is 16.0. The number of nitrogens with one attached hydrogen (secondary N) is 2. The number of alkyl halides is 2. The van der Waals surface area contributed by atoms with Gasteiger partial charge in [0.05, 0.1) is 13.7 Å². The molecule has 0 heterocycles. The highest BCUT2D eigenvalue weighted by Crippen LogP contribution is 2.28. The van der Waals surface area contributed by atoms with Crippen molar-refractivity contribution in [2.45, 2.75) is 39.3 Å². The van der Waals surface area contributed by atoms with Gasteiger partial charge in [0.25, 0.3) is 0 Å². The van der Waals surface area contributed by atoms with Crippen molar-refractivity contribution in [3.05, 3.63) is 23.8 Å². The first-order valence-corrected chi connectivity index (χ1v) is 9.34. The van der Waals surface area contributed by atoms with Crippen LogP contribution in [-0.4, -0.2) is 46.0 Å². The van der Waals surface area contributed by atoms with E-state index in [-0.39, 0.29) is 12.3 Å². The molecule has 0 bridgehead atoms. The van der Waals surface area contributed by atoms with Crippen molar-refractivity contribution >= 4 is 5.96 Å². The molecule has 0 aliphatic heterocycles. The molecule has 6 nitrogen and oxygen atoms in total. The molecule has 2 rings (SSSR count). The minimum absolute atomic E-state index is 0.0671. The molecule has 0 unspecified atom stereocenters. The number of guanidine groups is 1. The lowest BCUT2D eigenvalue weighted by Gasteiger charge is -2.13. The highest BCUT2D eigenvalue weighted by atomic mass is 19.3. The third-order valence-electron chi connectivity index (χ3n) is 4.05. The summed E-state index contributed by atoms with van der Waals surface area (Å²) in [7, 11) is 1.47. The van der Waals surface area contributed by atoms with Gasteiger partial charge in [0, 0.05) is 37.9 Å². The Labute approximate surface area is 159 Å². The predicted octanol–water partition coefficient (Wildman–Crippen LogP) is 3.17. The Balaban J connectivity index is 1.86. The van der Waals surface area contributed by atoms with Crippen LogP contribution >= 0.6 is 0 Å². The van der Waals surface area contributed by atoms with Gasteiger partial charge in [0.1, 0.15) is 11.5 Å². The summed E-state index contributed by atoms with van der Waals surface area (Å²) in [5.41, 5.74) is 0.557. The van der Waals surface area contributed by atoms with Crippen molar-refractivity contribution in [1.29, 1.82) is 0 Å². The third kappa shape index (κ3) is 8.43. The molecule has 0 saturated heterocycles. The van der Waals surface area contributed by atoms with Gasteiger partial charge in [-0.3, -0.25) is 0 Å². The lowest BCUT2D eigenvalue weighted by atomic mass is 10.2. The fourth-order valence-corrected chi connectivity index (χ4v) is 2.42. The summed E-state index contributed by atoms with van der Waals surface area (Å²) in [5.74, 6) is 1.91. The van der Waals surface area contributed by atoms with Gasteiger partial charge in [-0.15, -0.1) is 0 Å². The first-order valence-electron chi connectivity index (χ1n) is 9.34. The van der Waals surface area contributed by atoms with E-state index in [2.05, 4.69) is 20.4 Å². The number of halogens is 2. The average Bonchev–Trinajstić information content (AvgIpc) is 3.47. The van der Waals surface area contributed by atoms with Crippen LogP contribution in [0.4, 0.5) is 8.78 Å². The van der Waals surface area contributed by atoms with Crippen LogP contribution < -0.4 is 20.1 Å². The normalized spacial score (nSPS) is 14.3. The summed E-state index contributed by atoms with van der Waals surface area (Å²) in [6, 6.07) is 4.81. The van der Waals surface area contributed by atoms with Gasteiger partial charge in [-0.1, -0.05) is 0 Å². The van der Waals surface area contributed by atoms with Crippen LogP contribution in [0.2, 0.25) is 0 Å². The van der Waals surface area contributed by atoms with Crippen molar-refractivity contribution in [3.63, 3.8) is 0 Å². The van der Waals surface area contributed by atoms with Gasteiger partial charge >= 0.3 is 6.61 Å². The maximum atomic E-state index is 12.6. The predicted molar refractivity (Wildman–Crippen MR) is 101 cm³/mol. The second kappa shape index (κ2) is 11.6. The molecule has 8 heteroatoms. The quantitative estimate of drug-likeness (QED) is 0.329. The fraction of sp³-hybridized carbons (Fsp3) is 0.632. The lowest BCUT2D eigenvalue weighted by molar-refractivity contribution is -0.0505. The number of hydrogen-bond acceptors (Lipinski definition) is 4. The van der Waals surface area contributed by atoms with Crippen molar-refractivity contribution < 1.29 is 23.0 Å². The first kappa shape index (κ1) is 21.2. The standard InChI is InChI=1S/C19H29F2N3O3/c1-3-22-19(23-9-4-10-26-13-14-5-6-14)24-12-15-7-8-16(25-2)11-17(15)27-18(20)21/h7-8,11,14,18H,3-6,9-10,12-13H2,1-2H3,(H2,22,23,24). The number of nitrogens with zero attached hydrogens (tertiary/aromatic N) is 1. The second-order valence-electron chi connectivity index (χ2n) is 6.35. The Kier molecular flexibility index (Phi) is 9.10. The van der Waals surface area contributed by atoms with Crippen LogP contribution in [0.25, 0.3) is 0 Å². The summed E-state index contributed by atoms with van der Waals surface area (Å²) in [6.07, 6.45) is 3.45. The van der Waals surface area contributed by atoms with Crippen LogP contribution in [0.5, 0.6) is 11.5 Å². The molecule has 2 N–H and O–H groups in total. The molecule has 1 fully saturated rings. The molecule has 1 aromatic carbocycles. The van der Waals surface area contributed by atoms with E-state index in [0.29, 0.717) is 30.4 Å². The molecule has 0 radical (unpaired) electrons. The summed E-state index contributed by atoms with van der Waals surface area (Å²) in [4.78, 5) is 4.45. The number of benzene rings is 1. The maximum Gasteiger partial charge on any atom is 0.387 e. The van der Waals surface area contributed by atoms with E-state index in [9.17, 15) is 8.78 Å². The van der Waals surface area contributed by atoms with E-state index >= 15 is 0 Å². The summed E-state index contributed by atoms with van der Waals surface area (Å²) in [5, 5.41) is 6.36. The van der Waals surface area contributed by atoms with Crippen molar-refractivity contribution in [1.82, 2.24) is 10.6 Å². The van der Waals surface area contributed by atoms with Gasteiger partial charge in [-0.25, -0.2) is 4.99 Å². The van der Waals surface area contributed by atoms with E-state index in [0.717, 1.165) is 25.5 Å². The molecule has 1 aliphatic carbocycles. The van der Waals surface area contributed by atoms with Crippen LogP contribution in [0, 0.1) is 5.92 Å². The van der Waals surface area contributed by atoms with Gasteiger partial charge in [-0.05, 0) is 44.2 Å². The second-order valence-corrected chi connectivity index (χ2v) is 6.35.